The van der Waals surface area contributed by atoms with Crippen LogP contribution in [0.15, 0.2) is 17.2 Å². The molecule has 1 heterocycles. The number of rotatable bonds is 6. The second-order valence-electron chi connectivity index (χ2n) is 4.75. The molecule has 0 bridgehead atoms. The van der Waals surface area contributed by atoms with Gasteiger partial charge in [-0.1, -0.05) is 13.8 Å². The van der Waals surface area contributed by atoms with Crippen molar-refractivity contribution in [3.63, 3.8) is 0 Å². The number of aromatic nitrogens is 1. The third kappa shape index (κ3) is 4.57. The number of hydrogen-bond donors (Lipinski definition) is 2. The van der Waals surface area contributed by atoms with Gasteiger partial charge in [0.1, 0.15) is 10.6 Å². The average Bonchev–Trinajstić information content (AvgIpc) is 2.68. The van der Waals surface area contributed by atoms with E-state index in [0.29, 0.717) is 6.54 Å². The first-order valence-corrected chi connectivity index (χ1v) is 7.45. The van der Waals surface area contributed by atoms with Crippen LogP contribution in [0, 0.1) is 5.92 Å². The summed E-state index contributed by atoms with van der Waals surface area (Å²) in [7, 11) is -4.05. The fourth-order valence-corrected chi connectivity index (χ4v) is 2.07. The Bertz CT molecular complexity index is 582. The highest BCUT2D eigenvalue weighted by molar-refractivity contribution is 7.89. The molecule has 0 spiro atoms. The summed E-state index contributed by atoms with van der Waals surface area (Å²) in [5.41, 5.74) is -0.157. The van der Waals surface area contributed by atoms with Crippen molar-refractivity contribution in [2.45, 2.75) is 31.7 Å². The standard InChI is InChI=1S/C11H17F2N3O3S/c1-7(2)4-15-11(17)9-3-8(20(14,18)19)5-16(9)6-10(12)13/h3,5,7,10H,4,6H2,1-2H3,(H,15,17)(H2,14,18,19). The first kappa shape index (κ1) is 16.6. The Kier molecular flexibility index (Phi) is 5.23. The normalized spacial score (nSPS) is 12.2. The zero-order valence-corrected chi connectivity index (χ0v) is 12.0. The van der Waals surface area contributed by atoms with E-state index in [1.165, 1.54) is 0 Å². The highest BCUT2D eigenvalue weighted by atomic mass is 32.2. The molecule has 0 aliphatic rings. The minimum absolute atomic E-state index is 0.157. The maximum absolute atomic E-state index is 12.5. The number of carbonyl (C=O) groups excluding carboxylic acids is 1. The summed E-state index contributed by atoms with van der Waals surface area (Å²) in [6, 6.07) is 0.993. The molecule has 1 rings (SSSR count). The fraction of sp³-hybridized carbons (Fsp3) is 0.545. The molecular formula is C11H17F2N3O3S. The van der Waals surface area contributed by atoms with Gasteiger partial charge in [-0.15, -0.1) is 0 Å². The molecule has 0 saturated carbocycles. The minimum Gasteiger partial charge on any atom is -0.351 e. The van der Waals surface area contributed by atoms with Crippen molar-refractivity contribution >= 4 is 15.9 Å². The monoisotopic (exact) mass is 309 g/mol. The number of halogens is 2. The number of nitrogens with one attached hydrogen (secondary N) is 1. The quantitative estimate of drug-likeness (QED) is 0.813. The van der Waals surface area contributed by atoms with E-state index in [-0.39, 0.29) is 16.5 Å². The van der Waals surface area contributed by atoms with Crippen LogP contribution in [-0.2, 0) is 16.6 Å². The number of primary sulfonamides is 1. The molecule has 0 radical (unpaired) electrons. The molecule has 0 saturated heterocycles. The summed E-state index contributed by atoms with van der Waals surface area (Å²) in [4.78, 5) is 11.5. The molecule has 0 unspecified atom stereocenters. The Morgan fingerprint density at radius 3 is 2.50 bits per heavy atom. The predicted octanol–water partition coefficient (Wildman–Crippen LogP) is 0.786. The van der Waals surface area contributed by atoms with Crippen LogP contribution >= 0.6 is 0 Å². The van der Waals surface area contributed by atoms with Crippen molar-refractivity contribution in [1.82, 2.24) is 9.88 Å². The summed E-state index contributed by atoms with van der Waals surface area (Å²) < 4.78 is 48.2. The lowest BCUT2D eigenvalue weighted by Crippen LogP contribution is -2.29. The Morgan fingerprint density at radius 1 is 1.45 bits per heavy atom. The molecule has 0 atom stereocenters. The van der Waals surface area contributed by atoms with Crippen LogP contribution in [0.3, 0.4) is 0 Å². The van der Waals surface area contributed by atoms with Gasteiger partial charge in [0.2, 0.25) is 10.0 Å². The number of amides is 1. The topological polar surface area (TPSA) is 94.2 Å². The van der Waals surface area contributed by atoms with E-state index >= 15 is 0 Å². The minimum atomic E-state index is -4.05. The highest BCUT2D eigenvalue weighted by Crippen LogP contribution is 2.15. The van der Waals surface area contributed by atoms with E-state index in [9.17, 15) is 22.0 Å². The van der Waals surface area contributed by atoms with Crippen LogP contribution in [0.1, 0.15) is 24.3 Å². The van der Waals surface area contributed by atoms with Gasteiger partial charge in [-0.2, -0.15) is 0 Å². The first-order chi connectivity index (χ1) is 9.11. The van der Waals surface area contributed by atoms with Crippen LogP contribution in [0.2, 0.25) is 0 Å². The fourth-order valence-electron chi connectivity index (χ4n) is 1.52. The Hall–Kier alpha value is -1.48. The lowest BCUT2D eigenvalue weighted by atomic mass is 10.2. The molecule has 0 aliphatic carbocycles. The molecule has 6 nitrogen and oxygen atoms in total. The SMILES string of the molecule is CC(C)CNC(=O)c1cc(S(N)(=O)=O)cn1CC(F)F. The number of carbonyl (C=O) groups is 1. The summed E-state index contributed by atoms with van der Waals surface area (Å²) >= 11 is 0. The smallest absolute Gasteiger partial charge is 0.267 e. The molecule has 9 heteroatoms. The third-order valence-electron chi connectivity index (χ3n) is 2.44. The predicted molar refractivity (Wildman–Crippen MR) is 69.0 cm³/mol. The van der Waals surface area contributed by atoms with E-state index in [2.05, 4.69) is 5.32 Å². The van der Waals surface area contributed by atoms with Gasteiger partial charge in [-0.3, -0.25) is 4.79 Å². The number of nitrogens with zero attached hydrogens (tertiary/aromatic N) is 1. The van der Waals surface area contributed by atoms with Crippen LogP contribution in [0.5, 0.6) is 0 Å². The van der Waals surface area contributed by atoms with Gasteiger partial charge in [0.25, 0.3) is 12.3 Å². The van der Waals surface area contributed by atoms with E-state index in [0.717, 1.165) is 16.8 Å². The molecule has 1 aromatic heterocycles. The van der Waals surface area contributed by atoms with Crippen LogP contribution in [0.25, 0.3) is 0 Å². The first-order valence-electron chi connectivity index (χ1n) is 5.90. The second-order valence-corrected chi connectivity index (χ2v) is 6.31. The second kappa shape index (κ2) is 6.31. The molecule has 0 fully saturated rings. The van der Waals surface area contributed by atoms with Crippen molar-refractivity contribution in [2.24, 2.45) is 11.1 Å². The van der Waals surface area contributed by atoms with Gasteiger partial charge in [0.05, 0.1) is 6.54 Å². The number of alkyl halides is 2. The van der Waals surface area contributed by atoms with Gasteiger partial charge < -0.3 is 9.88 Å². The molecule has 1 aromatic rings. The molecule has 1 amide bonds. The molecule has 20 heavy (non-hydrogen) atoms. The van der Waals surface area contributed by atoms with E-state index in [1.807, 2.05) is 13.8 Å². The molecule has 0 aliphatic heterocycles. The van der Waals surface area contributed by atoms with Gasteiger partial charge in [-0.05, 0) is 12.0 Å². The van der Waals surface area contributed by atoms with Gasteiger partial charge >= 0.3 is 0 Å². The summed E-state index contributed by atoms with van der Waals surface area (Å²) in [5, 5.41) is 7.47. The van der Waals surface area contributed by atoms with Gasteiger partial charge in [0, 0.05) is 12.7 Å². The Balaban J connectivity index is 3.09. The maximum Gasteiger partial charge on any atom is 0.267 e. The van der Waals surface area contributed by atoms with Crippen molar-refractivity contribution < 1.29 is 22.0 Å². The van der Waals surface area contributed by atoms with E-state index < -0.39 is 28.9 Å². The largest absolute Gasteiger partial charge is 0.351 e. The van der Waals surface area contributed by atoms with Crippen molar-refractivity contribution in [3.05, 3.63) is 18.0 Å². The van der Waals surface area contributed by atoms with Crippen LogP contribution in [0.4, 0.5) is 8.78 Å². The zero-order chi connectivity index (χ0) is 15.5. The van der Waals surface area contributed by atoms with Crippen LogP contribution < -0.4 is 10.5 Å². The number of hydrogen-bond acceptors (Lipinski definition) is 3. The lowest BCUT2D eigenvalue weighted by molar-refractivity contribution is 0.0926. The van der Waals surface area contributed by atoms with Crippen molar-refractivity contribution in [1.29, 1.82) is 0 Å². The molecular weight excluding hydrogens is 292 g/mol. The number of sulfonamides is 1. The molecule has 0 aromatic carbocycles. The van der Waals surface area contributed by atoms with Crippen LogP contribution in [-0.4, -0.2) is 31.9 Å². The van der Waals surface area contributed by atoms with E-state index in [4.69, 9.17) is 5.14 Å². The third-order valence-corrected chi connectivity index (χ3v) is 3.32. The van der Waals surface area contributed by atoms with Gasteiger partial charge in [-0.25, -0.2) is 22.3 Å². The van der Waals surface area contributed by atoms with E-state index in [1.54, 1.807) is 0 Å². The zero-order valence-electron chi connectivity index (χ0n) is 11.1. The average molecular weight is 309 g/mol. The summed E-state index contributed by atoms with van der Waals surface area (Å²) in [6.45, 7) is 3.31. The lowest BCUT2D eigenvalue weighted by Gasteiger charge is -2.10. The van der Waals surface area contributed by atoms with Crippen molar-refractivity contribution in [2.75, 3.05) is 6.54 Å². The summed E-state index contributed by atoms with van der Waals surface area (Å²) in [6.07, 6.45) is -1.78. The van der Waals surface area contributed by atoms with Gasteiger partial charge in [0.15, 0.2) is 0 Å². The number of nitrogens with two attached hydrogens (primary N) is 1. The molecule has 114 valence electrons. The Morgan fingerprint density at radius 2 is 2.05 bits per heavy atom. The summed E-state index contributed by atoms with van der Waals surface area (Å²) in [5.74, 6) is -0.440. The Labute approximate surface area is 116 Å². The van der Waals surface area contributed by atoms with Crippen molar-refractivity contribution in [3.8, 4) is 0 Å². The maximum atomic E-state index is 12.5. The highest BCUT2D eigenvalue weighted by Gasteiger charge is 2.20. The molecule has 3 N–H and O–H groups in total.